The number of carboxylic acid groups (broad SMARTS) is 2. The van der Waals surface area contributed by atoms with Gasteiger partial charge in [-0.1, -0.05) is 48.5 Å². The number of benzene rings is 3. The minimum absolute atomic E-state index is 0.168. The van der Waals surface area contributed by atoms with E-state index < -0.39 is 24.0 Å². The number of carbonyl (C=O) groups excluding carboxylic acids is 1. The van der Waals surface area contributed by atoms with E-state index in [2.05, 4.69) is 9.97 Å². The van der Waals surface area contributed by atoms with E-state index in [-0.39, 0.29) is 18.4 Å². The van der Waals surface area contributed by atoms with Gasteiger partial charge in [0.2, 0.25) is 5.95 Å². The summed E-state index contributed by atoms with van der Waals surface area (Å²) >= 11 is 0. The highest BCUT2D eigenvalue weighted by molar-refractivity contribution is 6.00. The average Bonchev–Trinajstić information content (AvgIpc) is 3.43. The van der Waals surface area contributed by atoms with E-state index in [4.69, 9.17) is 9.90 Å². The van der Waals surface area contributed by atoms with Crippen LogP contribution in [0, 0.1) is 6.92 Å². The number of hydrogen-bond donors (Lipinski definition) is 4. The Morgan fingerprint density at radius 3 is 2.30 bits per heavy atom. The molecule has 0 fully saturated rings. The second kappa shape index (κ2) is 10.3. The molecule has 0 bridgehead atoms. The number of aliphatic hydroxyl groups is 1. The van der Waals surface area contributed by atoms with Crippen LogP contribution >= 0.6 is 0 Å². The summed E-state index contributed by atoms with van der Waals surface area (Å²) in [7, 11) is 1.39. The van der Waals surface area contributed by atoms with Gasteiger partial charge in [0.05, 0.1) is 11.0 Å². The molecule has 1 aliphatic heterocycles. The molecule has 0 radical (unpaired) electrons. The zero-order valence-electron chi connectivity index (χ0n) is 21.1. The number of amides is 2. The van der Waals surface area contributed by atoms with Gasteiger partial charge in [0.15, 0.2) is 5.72 Å². The number of alkyl halides is 3. The summed E-state index contributed by atoms with van der Waals surface area (Å²) in [5, 5.41) is 28.5. The van der Waals surface area contributed by atoms with Crippen LogP contribution in [0.15, 0.2) is 66.7 Å². The largest absolute Gasteiger partial charge is 0.490 e. The Morgan fingerprint density at radius 2 is 1.68 bits per heavy atom. The van der Waals surface area contributed by atoms with Crippen molar-refractivity contribution in [2.75, 3.05) is 11.9 Å². The number of rotatable bonds is 4. The zero-order valence-corrected chi connectivity index (χ0v) is 21.1. The summed E-state index contributed by atoms with van der Waals surface area (Å²) in [6.07, 6.45) is -6.23. The van der Waals surface area contributed by atoms with Crippen molar-refractivity contribution < 1.29 is 42.9 Å². The number of H-pyrrole nitrogens is 1. The molecule has 1 unspecified atom stereocenters. The monoisotopic (exact) mass is 556 g/mol. The van der Waals surface area contributed by atoms with E-state index in [1.54, 1.807) is 42.5 Å². The number of hydrogen-bond acceptors (Lipinski definition) is 5. The standard InChI is InChI=1S/C25H22N4O4.C2HF3O2/c1-15-7-3-4-8-16(15)14-29-22(30)18-9-5-6-10-19(18)25(29,33)17-11-12-20-21(13-17)27-23(26-20)28(2)24(31)32;3-2(4,5)1(6)7/h3-13,33H,14H2,1-2H3,(H,26,27)(H,31,32);(H,6,7). The molecule has 0 saturated carbocycles. The predicted octanol–water partition coefficient (Wildman–Crippen LogP) is 4.47. The number of aryl methyl sites for hydroxylation is 1. The van der Waals surface area contributed by atoms with Gasteiger partial charge in [0.25, 0.3) is 5.91 Å². The number of halogens is 3. The summed E-state index contributed by atoms with van der Waals surface area (Å²) in [4.78, 5) is 43.4. The Kier molecular flexibility index (Phi) is 7.26. The topological polar surface area (TPSA) is 147 Å². The average molecular weight is 556 g/mol. The number of imidazole rings is 1. The van der Waals surface area contributed by atoms with Gasteiger partial charge in [-0.2, -0.15) is 13.2 Å². The fourth-order valence-electron chi connectivity index (χ4n) is 4.33. The van der Waals surface area contributed by atoms with Gasteiger partial charge < -0.3 is 20.3 Å². The molecule has 0 saturated heterocycles. The number of aromatic amines is 1. The molecule has 1 aromatic heterocycles. The van der Waals surface area contributed by atoms with Crippen molar-refractivity contribution >= 4 is 35.0 Å². The highest BCUT2D eigenvalue weighted by Crippen LogP contribution is 2.43. The lowest BCUT2D eigenvalue weighted by atomic mass is 9.93. The van der Waals surface area contributed by atoms with Gasteiger partial charge in [-0.3, -0.25) is 14.6 Å². The van der Waals surface area contributed by atoms with Crippen molar-refractivity contribution in [3.63, 3.8) is 0 Å². The molecule has 40 heavy (non-hydrogen) atoms. The number of nitrogens with zero attached hydrogens (tertiary/aromatic N) is 3. The van der Waals surface area contributed by atoms with E-state index in [9.17, 15) is 33.0 Å². The van der Waals surface area contributed by atoms with Crippen LogP contribution in [-0.4, -0.2) is 61.4 Å². The quantitative estimate of drug-likeness (QED) is 0.290. The Balaban J connectivity index is 0.000000470. The Morgan fingerprint density at radius 1 is 1.05 bits per heavy atom. The third-order valence-corrected chi connectivity index (χ3v) is 6.48. The van der Waals surface area contributed by atoms with Gasteiger partial charge >= 0.3 is 18.2 Å². The number of fused-ring (bicyclic) bond motifs is 2. The highest BCUT2D eigenvalue weighted by atomic mass is 19.4. The van der Waals surface area contributed by atoms with Gasteiger partial charge in [0.1, 0.15) is 0 Å². The number of aliphatic carboxylic acids is 1. The smallest absolute Gasteiger partial charge is 0.475 e. The van der Waals surface area contributed by atoms with Crippen LogP contribution in [0.25, 0.3) is 11.0 Å². The SMILES string of the molecule is Cc1ccccc1CN1C(=O)c2ccccc2C1(O)c1ccc2[nH]c(N(C)C(=O)O)nc2c1.O=C(O)C(F)(F)F. The maximum Gasteiger partial charge on any atom is 0.490 e. The molecule has 208 valence electrons. The van der Waals surface area contributed by atoms with E-state index in [0.29, 0.717) is 27.7 Å². The number of anilines is 1. The van der Waals surface area contributed by atoms with Gasteiger partial charge in [0, 0.05) is 30.3 Å². The van der Waals surface area contributed by atoms with E-state index in [0.717, 1.165) is 16.0 Å². The first-order chi connectivity index (χ1) is 18.7. The third-order valence-electron chi connectivity index (χ3n) is 6.48. The number of carbonyl (C=O) groups is 3. The molecule has 10 nitrogen and oxygen atoms in total. The normalized spacial score (nSPS) is 16.4. The molecule has 13 heteroatoms. The van der Waals surface area contributed by atoms with E-state index in [1.165, 1.54) is 11.9 Å². The minimum Gasteiger partial charge on any atom is -0.475 e. The van der Waals surface area contributed by atoms with Crippen molar-refractivity contribution in [3.8, 4) is 0 Å². The molecule has 1 atom stereocenters. The summed E-state index contributed by atoms with van der Waals surface area (Å²) in [6, 6.07) is 19.9. The van der Waals surface area contributed by atoms with Gasteiger partial charge in [-0.25, -0.2) is 14.6 Å². The molecule has 3 aromatic carbocycles. The zero-order chi connectivity index (χ0) is 29.4. The van der Waals surface area contributed by atoms with Crippen LogP contribution in [0.2, 0.25) is 0 Å². The lowest BCUT2D eigenvalue weighted by Crippen LogP contribution is -2.44. The van der Waals surface area contributed by atoms with Crippen molar-refractivity contribution in [1.29, 1.82) is 0 Å². The van der Waals surface area contributed by atoms with Crippen molar-refractivity contribution in [2.24, 2.45) is 0 Å². The molecule has 2 heterocycles. The molecule has 4 aromatic rings. The molecule has 0 spiro atoms. The van der Waals surface area contributed by atoms with Gasteiger partial charge in [-0.05, 0) is 36.2 Å². The molecule has 0 aliphatic carbocycles. The first kappa shape index (κ1) is 28.1. The summed E-state index contributed by atoms with van der Waals surface area (Å²) in [5.41, 5.74) is 2.77. The second-order valence-electron chi connectivity index (χ2n) is 8.97. The molecule has 2 amide bonds. The van der Waals surface area contributed by atoms with Crippen LogP contribution < -0.4 is 4.90 Å². The number of aromatic nitrogens is 2. The Hall–Kier alpha value is -4.91. The molecular weight excluding hydrogens is 533 g/mol. The third kappa shape index (κ3) is 5.06. The fraction of sp³-hybridized carbons (Fsp3) is 0.185. The molecule has 5 rings (SSSR count). The van der Waals surface area contributed by atoms with Crippen molar-refractivity contribution in [3.05, 3.63) is 94.5 Å². The van der Waals surface area contributed by atoms with E-state index in [1.807, 2.05) is 31.2 Å². The molecular formula is C27H23F3N4O6. The van der Waals surface area contributed by atoms with Crippen molar-refractivity contribution in [1.82, 2.24) is 14.9 Å². The minimum atomic E-state index is -5.08. The lowest BCUT2D eigenvalue weighted by Gasteiger charge is -2.35. The molecule has 4 N–H and O–H groups in total. The van der Waals surface area contributed by atoms with E-state index >= 15 is 0 Å². The van der Waals surface area contributed by atoms with Crippen LogP contribution in [0.1, 0.15) is 32.6 Å². The summed E-state index contributed by atoms with van der Waals surface area (Å²) in [6.45, 7) is 2.20. The first-order valence-corrected chi connectivity index (χ1v) is 11.7. The number of nitrogens with one attached hydrogen (secondary N) is 1. The number of carboxylic acids is 1. The Labute approximate surface area is 224 Å². The fourth-order valence-corrected chi connectivity index (χ4v) is 4.33. The highest BCUT2D eigenvalue weighted by Gasteiger charge is 2.50. The van der Waals surface area contributed by atoms with Crippen LogP contribution in [-0.2, 0) is 17.1 Å². The first-order valence-electron chi connectivity index (χ1n) is 11.7. The predicted molar refractivity (Wildman–Crippen MR) is 137 cm³/mol. The van der Waals surface area contributed by atoms with Crippen LogP contribution in [0.3, 0.4) is 0 Å². The lowest BCUT2D eigenvalue weighted by molar-refractivity contribution is -0.192. The molecule has 1 aliphatic rings. The second-order valence-corrected chi connectivity index (χ2v) is 8.97. The van der Waals surface area contributed by atoms with Crippen LogP contribution in [0.4, 0.5) is 23.9 Å². The Bertz CT molecular complexity index is 1620. The maximum absolute atomic E-state index is 13.4. The maximum atomic E-state index is 13.4. The summed E-state index contributed by atoms with van der Waals surface area (Å²) < 4.78 is 31.7. The van der Waals surface area contributed by atoms with Gasteiger partial charge in [-0.15, -0.1) is 0 Å². The van der Waals surface area contributed by atoms with Crippen LogP contribution in [0.5, 0.6) is 0 Å². The summed E-state index contributed by atoms with van der Waals surface area (Å²) in [5.74, 6) is -2.85. The van der Waals surface area contributed by atoms with Crippen molar-refractivity contribution in [2.45, 2.75) is 25.4 Å².